The zero-order chi connectivity index (χ0) is 10.0. The third-order valence-corrected chi connectivity index (χ3v) is 2.75. The molecule has 2 heteroatoms. The lowest BCUT2D eigenvalue weighted by Crippen LogP contribution is -2.03. The Bertz CT molecular complexity index is 374. The molecular formula is C12H13NO. The summed E-state index contributed by atoms with van der Waals surface area (Å²) in [6, 6.07) is 10.5. The summed E-state index contributed by atoms with van der Waals surface area (Å²) in [6.07, 6.45) is 2.00. The highest BCUT2D eigenvalue weighted by molar-refractivity contribution is 5.40. The summed E-state index contributed by atoms with van der Waals surface area (Å²) in [5.74, 6) is 0. The molecule has 0 radical (unpaired) electrons. The van der Waals surface area contributed by atoms with Crippen molar-refractivity contribution in [1.29, 1.82) is 5.26 Å². The molecule has 0 spiro atoms. The minimum Gasteiger partial charge on any atom is -0.380 e. The molecule has 14 heavy (non-hydrogen) atoms. The van der Waals surface area contributed by atoms with E-state index in [-0.39, 0.29) is 5.41 Å². The first-order valence-electron chi connectivity index (χ1n) is 4.80. The Balaban J connectivity index is 2.27. The van der Waals surface area contributed by atoms with Crippen molar-refractivity contribution < 1.29 is 4.74 Å². The molecular weight excluding hydrogens is 174 g/mol. The van der Waals surface area contributed by atoms with Gasteiger partial charge in [0.25, 0.3) is 0 Å². The molecule has 0 aromatic heterocycles. The van der Waals surface area contributed by atoms with Crippen molar-refractivity contribution in [2.24, 2.45) is 0 Å². The molecule has 72 valence electrons. The second kappa shape index (κ2) is 3.43. The Kier molecular flexibility index (Phi) is 2.26. The van der Waals surface area contributed by atoms with Gasteiger partial charge in [-0.15, -0.1) is 0 Å². The summed E-state index contributed by atoms with van der Waals surface area (Å²) in [5, 5.41) is 9.05. The Morgan fingerprint density at radius 3 is 2.86 bits per heavy atom. The van der Waals surface area contributed by atoms with Crippen LogP contribution in [-0.2, 0) is 16.8 Å². The van der Waals surface area contributed by atoms with E-state index in [4.69, 9.17) is 10.00 Å². The Hall–Kier alpha value is -1.33. The molecule has 1 aromatic rings. The van der Waals surface area contributed by atoms with E-state index in [1.807, 2.05) is 18.2 Å². The molecule has 0 atom stereocenters. The molecule has 0 bridgehead atoms. The van der Waals surface area contributed by atoms with Crippen LogP contribution in [0.2, 0.25) is 0 Å². The van der Waals surface area contributed by atoms with Gasteiger partial charge < -0.3 is 4.74 Å². The van der Waals surface area contributed by atoms with E-state index >= 15 is 0 Å². The van der Waals surface area contributed by atoms with Gasteiger partial charge in [0.2, 0.25) is 0 Å². The number of nitriles is 1. The summed E-state index contributed by atoms with van der Waals surface area (Å²) >= 11 is 0. The molecule has 0 saturated heterocycles. The van der Waals surface area contributed by atoms with Gasteiger partial charge in [0.05, 0.1) is 18.1 Å². The average Bonchev–Trinajstić information content (AvgIpc) is 2.99. The van der Waals surface area contributed by atoms with Crippen molar-refractivity contribution in [1.82, 2.24) is 0 Å². The third kappa shape index (κ3) is 1.51. The molecule has 1 aliphatic rings. The number of benzene rings is 1. The van der Waals surface area contributed by atoms with E-state index in [0.29, 0.717) is 6.61 Å². The second-order valence-corrected chi connectivity index (χ2v) is 3.83. The maximum Gasteiger partial charge on any atom is 0.0823 e. The van der Waals surface area contributed by atoms with Gasteiger partial charge in [0.1, 0.15) is 0 Å². The molecule has 1 aromatic carbocycles. The van der Waals surface area contributed by atoms with Gasteiger partial charge in [-0.2, -0.15) is 5.26 Å². The fourth-order valence-corrected chi connectivity index (χ4v) is 1.72. The average molecular weight is 187 g/mol. The highest BCUT2D eigenvalue weighted by atomic mass is 16.5. The SMILES string of the molecule is COCc1cccc(C2(C#N)CC2)c1. The van der Waals surface area contributed by atoms with E-state index in [9.17, 15) is 0 Å². The molecule has 0 heterocycles. The van der Waals surface area contributed by atoms with Crippen LogP contribution in [0, 0.1) is 11.3 Å². The normalized spacial score (nSPS) is 17.4. The molecule has 0 N–H and O–H groups in total. The minimum atomic E-state index is -0.177. The predicted molar refractivity (Wildman–Crippen MR) is 53.7 cm³/mol. The van der Waals surface area contributed by atoms with E-state index in [0.717, 1.165) is 24.0 Å². The van der Waals surface area contributed by atoms with Crippen molar-refractivity contribution in [2.45, 2.75) is 24.9 Å². The van der Waals surface area contributed by atoms with Crippen LogP contribution in [0.4, 0.5) is 0 Å². The monoisotopic (exact) mass is 187 g/mol. The van der Waals surface area contributed by atoms with Crippen LogP contribution in [0.25, 0.3) is 0 Å². The van der Waals surface area contributed by atoms with E-state index in [2.05, 4.69) is 12.1 Å². The van der Waals surface area contributed by atoms with E-state index in [1.165, 1.54) is 0 Å². The number of ether oxygens (including phenoxy) is 1. The molecule has 1 fully saturated rings. The fraction of sp³-hybridized carbons (Fsp3) is 0.417. The summed E-state index contributed by atoms with van der Waals surface area (Å²) < 4.78 is 5.07. The summed E-state index contributed by atoms with van der Waals surface area (Å²) in [6.45, 7) is 0.620. The number of methoxy groups -OCH3 is 1. The van der Waals surface area contributed by atoms with Crippen molar-refractivity contribution in [3.63, 3.8) is 0 Å². The van der Waals surface area contributed by atoms with E-state index in [1.54, 1.807) is 7.11 Å². The zero-order valence-corrected chi connectivity index (χ0v) is 8.29. The van der Waals surface area contributed by atoms with Crippen LogP contribution in [0.5, 0.6) is 0 Å². The lowest BCUT2D eigenvalue weighted by atomic mass is 9.96. The largest absolute Gasteiger partial charge is 0.380 e. The smallest absolute Gasteiger partial charge is 0.0823 e. The van der Waals surface area contributed by atoms with Crippen LogP contribution < -0.4 is 0 Å². The number of nitrogens with zero attached hydrogens (tertiary/aromatic N) is 1. The standard InChI is InChI=1S/C12H13NO/c1-14-8-10-3-2-4-11(7-10)12(9-13)5-6-12/h2-4,7H,5-6,8H2,1H3. The molecule has 1 aliphatic carbocycles. The maximum atomic E-state index is 9.05. The number of hydrogen-bond donors (Lipinski definition) is 0. The first-order chi connectivity index (χ1) is 6.80. The van der Waals surface area contributed by atoms with Crippen molar-refractivity contribution in [2.75, 3.05) is 7.11 Å². The summed E-state index contributed by atoms with van der Waals surface area (Å²) in [5.41, 5.74) is 2.12. The molecule has 1 saturated carbocycles. The summed E-state index contributed by atoms with van der Waals surface area (Å²) in [4.78, 5) is 0. The highest BCUT2D eigenvalue weighted by Gasteiger charge is 2.44. The van der Waals surface area contributed by atoms with Crippen LogP contribution in [0.1, 0.15) is 24.0 Å². The zero-order valence-electron chi connectivity index (χ0n) is 8.29. The first kappa shape index (κ1) is 9.23. The van der Waals surface area contributed by atoms with Crippen molar-refractivity contribution >= 4 is 0 Å². The third-order valence-electron chi connectivity index (χ3n) is 2.75. The van der Waals surface area contributed by atoms with Crippen LogP contribution in [0.3, 0.4) is 0 Å². The molecule has 2 nitrogen and oxygen atoms in total. The highest BCUT2D eigenvalue weighted by Crippen LogP contribution is 2.47. The van der Waals surface area contributed by atoms with Gasteiger partial charge in [-0.25, -0.2) is 0 Å². The van der Waals surface area contributed by atoms with Gasteiger partial charge in [0.15, 0.2) is 0 Å². The fourth-order valence-electron chi connectivity index (χ4n) is 1.72. The molecule has 0 aliphatic heterocycles. The molecule has 2 rings (SSSR count). The van der Waals surface area contributed by atoms with Gasteiger partial charge >= 0.3 is 0 Å². The lowest BCUT2D eigenvalue weighted by Gasteiger charge is -2.07. The van der Waals surface area contributed by atoms with Gasteiger partial charge in [-0.3, -0.25) is 0 Å². The van der Waals surface area contributed by atoms with Crippen molar-refractivity contribution in [3.8, 4) is 6.07 Å². The second-order valence-electron chi connectivity index (χ2n) is 3.83. The minimum absolute atomic E-state index is 0.177. The molecule has 0 unspecified atom stereocenters. The van der Waals surface area contributed by atoms with Crippen LogP contribution >= 0.6 is 0 Å². The number of rotatable bonds is 3. The Morgan fingerprint density at radius 1 is 1.50 bits per heavy atom. The van der Waals surface area contributed by atoms with Crippen molar-refractivity contribution in [3.05, 3.63) is 35.4 Å². The van der Waals surface area contributed by atoms with Gasteiger partial charge in [-0.1, -0.05) is 24.3 Å². The van der Waals surface area contributed by atoms with Gasteiger partial charge in [-0.05, 0) is 24.0 Å². The predicted octanol–water partition coefficient (Wildman–Crippen LogP) is 2.39. The maximum absolute atomic E-state index is 9.05. The Morgan fingerprint density at radius 2 is 2.29 bits per heavy atom. The quantitative estimate of drug-likeness (QED) is 0.727. The topological polar surface area (TPSA) is 33.0 Å². The first-order valence-corrected chi connectivity index (χ1v) is 4.80. The summed E-state index contributed by atoms with van der Waals surface area (Å²) in [7, 11) is 1.68. The Labute approximate surface area is 84.1 Å². The van der Waals surface area contributed by atoms with E-state index < -0.39 is 0 Å². The van der Waals surface area contributed by atoms with Crippen LogP contribution in [0.15, 0.2) is 24.3 Å². The lowest BCUT2D eigenvalue weighted by molar-refractivity contribution is 0.185. The number of hydrogen-bond acceptors (Lipinski definition) is 2. The van der Waals surface area contributed by atoms with Gasteiger partial charge in [0, 0.05) is 7.11 Å². The molecule has 0 amide bonds. The van der Waals surface area contributed by atoms with Crippen LogP contribution in [-0.4, -0.2) is 7.11 Å².